The number of thiophene rings is 1. The fourth-order valence-corrected chi connectivity index (χ4v) is 2.54. The van der Waals surface area contributed by atoms with Crippen LogP contribution in [0.1, 0.15) is 24.5 Å². The Kier molecular flexibility index (Phi) is 6.36. The van der Waals surface area contributed by atoms with Gasteiger partial charge >= 0.3 is 0 Å². The van der Waals surface area contributed by atoms with Crippen molar-refractivity contribution in [3.8, 4) is 5.75 Å². The largest absolute Gasteiger partial charge is 0.494 e. The molecule has 0 aliphatic rings. The van der Waals surface area contributed by atoms with Gasteiger partial charge in [-0.3, -0.25) is 4.79 Å². The van der Waals surface area contributed by atoms with Crippen LogP contribution >= 0.6 is 11.3 Å². The zero-order valence-corrected chi connectivity index (χ0v) is 12.8. The molecule has 0 spiro atoms. The molecule has 0 aliphatic carbocycles. The van der Waals surface area contributed by atoms with Crippen molar-refractivity contribution in [2.24, 2.45) is 0 Å². The van der Waals surface area contributed by atoms with Crippen LogP contribution in [0.25, 0.3) is 0 Å². The second-order valence-electron chi connectivity index (χ2n) is 4.78. The van der Waals surface area contributed by atoms with E-state index in [0.29, 0.717) is 25.2 Å². The van der Waals surface area contributed by atoms with E-state index in [1.807, 2.05) is 16.8 Å². The second kappa shape index (κ2) is 8.51. The molecule has 1 heterocycles. The Morgan fingerprint density at radius 3 is 2.77 bits per heavy atom. The van der Waals surface area contributed by atoms with Crippen LogP contribution in [0, 0.1) is 5.82 Å². The quantitative estimate of drug-likeness (QED) is 0.735. The van der Waals surface area contributed by atoms with Gasteiger partial charge in [0, 0.05) is 13.0 Å². The number of hydrogen-bond donors (Lipinski definition) is 2. The van der Waals surface area contributed by atoms with E-state index in [1.54, 1.807) is 12.1 Å². The highest BCUT2D eigenvalue weighted by atomic mass is 32.1. The van der Waals surface area contributed by atoms with E-state index in [-0.39, 0.29) is 18.3 Å². The number of aliphatic hydroxyl groups excluding tert-OH is 1. The Bertz CT molecular complexity index is 572. The summed E-state index contributed by atoms with van der Waals surface area (Å²) < 4.78 is 18.1. The average molecular weight is 323 g/mol. The number of amides is 1. The van der Waals surface area contributed by atoms with Gasteiger partial charge in [0.05, 0.1) is 12.7 Å². The molecule has 4 nitrogen and oxygen atoms in total. The highest BCUT2D eigenvalue weighted by Gasteiger charge is 2.09. The molecule has 1 unspecified atom stereocenters. The standard InChI is InChI=1S/C16H18FNO3S/c17-13-3-5-14(6-4-13)21-8-1-2-16(20)18-10-15(19)12-7-9-22-11-12/h3-7,9,11,15,19H,1-2,8,10H2,(H,18,20). The van der Waals surface area contributed by atoms with Crippen molar-refractivity contribution in [2.45, 2.75) is 18.9 Å². The van der Waals surface area contributed by atoms with Crippen LogP contribution in [0.4, 0.5) is 4.39 Å². The average Bonchev–Trinajstić information content (AvgIpc) is 3.05. The van der Waals surface area contributed by atoms with Gasteiger partial charge in [0.15, 0.2) is 0 Å². The topological polar surface area (TPSA) is 58.6 Å². The first-order valence-corrected chi connectivity index (χ1v) is 7.94. The van der Waals surface area contributed by atoms with Crippen molar-refractivity contribution < 1.29 is 19.0 Å². The van der Waals surface area contributed by atoms with Gasteiger partial charge in [0.25, 0.3) is 0 Å². The van der Waals surface area contributed by atoms with Gasteiger partial charge in [-0.05, 0) is 53.1 Å². The van der Waals surface area contributed by atoms with Gasteiger partial charge in [-0.2, -0.15) is 11.3 Å². The molecule has 118 valence electrons. The molecular weight excluding hydrogens is 305 g/mol. The second-order valence-corrected chi connectivity index (χ2v) is 5.56. The first kappa shape index (κ1) is 16.5. The van der Waals surface area contributed by atoms with Gasteiger partial charge in [0.1, 0.15) is 11.6 Å². The monoisotopic (exact) mass is 323 g/mol. The number of halogens is 1. The van der Waals surface area contributed by atoms with E-state index < -0.39 is 6.10 Å². The Morgan fingerprint density at radius 2 is 2.09 bits per heavy atom. The van der Waals surface area contributed by atoms with Crippen molar-refractivity contribution in [1.82, 2.24) is 5.32 Å². The molecule has 6 heteroatoms. The van der Waals surface area contributed by atoms with Crippen LogP contribution in [0.2, 0.25) is 0 Å². The molecule has 2 aromatic rings. The maximum Gasteiger partial charge on any atom is 0.220 e. The molecule has 1 amide bonds. The minimum atomic E-state index is -0.675. The highest BCUT2D eigenvalue weighted by Crippen LogP contribution is 2.15. The van der Waals surface area contributed by atoms with E-state index >= 15 is 0 Å². The molecule has 2 N–H and O–H groups in total. The lowest BCUT2D eigenvalue weighted by atomic mass is 10.2. The molecule has 22 heavy (non-hydrogen) atoms. The summed E-state index contributed by atoms with van der Waals surface area (Å²) in [6, 6.07) is 7.58. The van der Waals surface area contributed by atoms with Crippen molar-refractivity contribution in [3.05, 3.63) is 52.5 Å². The summed E-state index contributed by atoms with van der Waals surface area (Å²) in [5.74, 6) is 0.141. The number of rotatable bonds is 8. The summed E-state index contributed by atoms with van der Waals surface area (Å²) in [4.78, 5) is 11.6. The van der Waals surface area contributed by atoms with Gasteiger partial charge in [-0.25, -0.2) is 4.39 Å². The fourth-order valence-electron chi connectivity index (χ4n) is 1.83. The van der Waals surface area contributed by atoms with Crippen LogP contribution < -0.4 is 10.1 Å². The predicted octanol–water partition coefficient (Wildman–Crippen LogP) is 2.90. The van der Waals surface area contributed by atoms with Gasteiger partial charge in [0.2, 0.25) is 5.91 Å². The number of nitrogens with one attached hydrogen (secondary N) is 1. The third-order valence-corrected chi connectivity index (χ3v) is 3.75. The van der Waals surface area contributed by atoms with Crippen molar-refractivity contribution in [1.29, 1.82) is 0 Å². The molecule has 0 saturated heterocycles. The first-order chi connectivity index (χ1) is 10.6. The zero-order chi connectivity index (χ0) is 15.8. The molecule has 2 rings (SSSR count). The maximum absolute atomic E-state index is 12.7. The predicted molar refractivity (Wildman–Crippen MR) is 83.4 cm³/mol. The van der Waals surface area contributed by atoms with Crippen molar-refractivity contribution >= 4 is 17.2 Å². The van der Waals surface area contributed by atoms with Gasteiger partial charge in [-0.15, -0.1) is 0 Å². The third-order valence-electron chi connectivity index (χ3n) is 3.05. The SMILES string of the molecule is O=C(CCCOc1ccc(F)cc1)NCC(O)c1ccsc1. The van der Waals surface area contributed by atoms with Crippen LogP contribution in [0.3, 0.4) is 0 Å². The summed E-state index contributed by atoms with van der Waals surface area (Å²) in [5, 5.41) is 16.3. The summed E-state index contributed by atoms with van der Waals surface area (Å²) in [6.07, 6.45) is 0.195. The van der Waals surface area contributed by atoms with E-state index in [2.05, 4.69) is 5.32 Å². The number of carbonyl (C=O) groups is 1. The van der Waals surface area contributed by atoms with E-state index in [9.17, 15) is 14.3 Å². The number of benzene rings is 1. The van der Waals surface area contributed by atoms with E-state index in [0.717, 1.165) is 5.56 Å². The molecule has 1 atom stereocenters. The molecule has 0 saturated carbocycles. The molecule has 0 fully saturated rings. The molecule has 0 bridgehead atoms. The molecule has 1 aromatic carbocycles. The molecule has 0 aliphatic heterocycles. The first-order valence-electron chi connectivity index (χ1n) is 7.00. The lowest BCUT2D eigenvalue weighted by Crippen LogP contribution is -2.28. The summed E-state index contributed by atoms with van der Waals surface area (Å²) in [5.41, 5.74) is 0.810. The Hall–Kier alpha value is -1.92. The minimum absolute atomic E-state index is 0.128. The summed E-state index contributed by atoms with van der Waals surface area (Å²) in [6.45, 7) is 0.584. The highest BCUT2D eigenvalue weighted by molar-refractivity contribution is 7.07. The number of aliphatic hydroxyl groups is 1. The van der Waals surface area contributed by atoms with E-state index in [1.165, 1.54) is 23.5 Å². The van der Waals surface area contributed by atoms with Crippen LogP contribution in [0.15, 0.2) is 41.1 Å². The Morgan fingerprint density at radius 1 is 1.32 bits per heavy atom. The van der Waals surface area contributed by atoms with Crippen LogP contribution in [-0.4, -0.2) is 24.2 Å². The van der Waals surface area contributed by atoms with Crippen molar-refractivity contribution in [2.75, 3.05) is 13.2 Å². The number of hydrogen-bond acceptors (Lipinski definition) is 4. The van der Waals surface area contributed by atoms with Gasteiger partial charge in [-0.1, -0.05) is 0 Å². The molecular formula is C16H18FNO3S. The Balaban J connectivity index is 1.58. The number of ether oxygens (including phenoxy) is 1. The molecule has 1 aromatic heterocycles. The van der Waals surface area contributed by atoms with Crippen LogP contribution in [0.5, 0.6) is 5.75 Å². The summed E-state index contributed by atoms with van der Waals surface area (Å²) in [7, 11) is 0. The van der Waals surface area contributed by atoms with Crippen molar-refractivity contribution in [3.63, 3.8) is 0 Å². The Labute approximate surface area is 132 Å². The van der Waals surface area contributed by atoms with Crippen LogP contribution in [-0.2, 0) is 4.79 Å². The van der Waals surface area contributed by atoms with E-state index in [4.69, 9.17) is 4.74 Å². The lowest BCUT2D eigenvalue weighted by molar-refractivity contribution is -0.121. The summed E-state index contributed by atoms with van der Waals surface area (Å²) >= 11 is 1.51. The number of carbonyl (C=O) groups excluding carboxylic acids is 1. The molecule has 0 radical (unpaired) electrons. The van der Waals surface area contributed by atoms with Gasteiger partial charge < -0.3 is 15.2 Å². The fraction of sp³-hybridized carbons (Fsp3) is 0.312. The third kappa shape index (κ3) is 5.46. The smallest absolute Gasteiger partial charge is 0.220 e. The minimum Gasteiger partial charge on any atom is -0.494 e. The maximum atomic E-state index is 12.7. The normalized spacial score (nSPS) is 11.9. The zero-order valence-electron chi connectivity index (χ0n) is 12.0. The lowest BCUT2D eigenvalue weighted by Gasteiger charge is -2.11.